The zero-order valence-electron chi connectivity index (χ0n) is 22.9. The minimum atomic E-state index is -0.708. The number of ether oxygens (including phenoxy) is 1. The Bertz CT molecular complexity index is 691. The molecule has 4 saturated carbocycles. The number of hydrogen-bond donors (Lipinski definition) is 0. The van der Waals surface area contributed by atoms with Gasteiger partial charge in [0.1, 0.15) is 6.10 Å². The van der Waals surface area contributed by atoms with Gasteiger partial charge in [-0.3, -0.25) is 4.89 Å². The summed E-state index contributed by atoms with van der Waals surface area (Å²) >= 11 is 0. The van der Waals surface area contributed by atoms with Crippen LogP contribution in [0.1, 0.15) is 119 Å². The van der Waals surface area contributed by atoms with Gasteiger partial charge in [-0.25, -0.2) is 4.79 Å². The van der Waals surface area contributed by atoms with E-state index in [0.717, 1.165) is 48.3 Å². The molecule has 196 valence electrons. The summed E-state index contributed by atoms with van der Waals surface area (Å²) < 4.78 is 4.85. The first-order chi connectivity index (χ1) is 16.2. The van der Waals surface area contributed by atoms with Gasteiger partial charge in [0, 0.05) is 0 Å². The lowest BCUT2D eigenvalue weighted by molar-refractivity contribution is -0.301. The standard InChI is InChI=1S/C30H52O4/c1-7-32-28(31)34-33-23-15-17-29(5)22(19-23)11-12-24-26-14-13-25(21(4)10-8-9-20(2)3)30(26,6)18-16-27(24)29/h20-27H,7-19H2,1-6H3/t21-,22?,23+,24+,25-,26+,27+,29+,30-/m1/s1. The maximum atomic E-state index is 11.5. The van der Waals surface area contributed by atoms with Gasteiger partial charge >= 0.3 is 6.16 Å². The van der Waals surface area contributed by atoms with Crippen LogP contribution < -0.4 is 0 Å². The minimum Gasteiger partial charge on any atom is -0.433 e. The van der Waals surface area contributed by atoms with Gasteiger partial charge in [-0.1, -0.05) is 53.9 Å². The number of carbonyl (C=O) groups excluding carboxylic acids is 1. The number of fused-ring (bicyclic) bond motifs is 5. The molecule has 9 atom stereocenters. The average molecular weight is 477 g/mol. The lowest BCUT2D eigenvalue weighted by Gasteiger charge is -2.61. The van der Waals surface area contributed by atoms with Gasteiger partial charge in [0.25, 0.3) is 0 Å². The summed E-state index contributed by atoms with van der Waals surface area (Å²) in [4.78, 5) is 22.0. The van der Waals surface area contributed by atoms with Crippen molar-refractivity contribution in [2.24, 2.45) is 52.3 Å². The van der Waals surface area contributed by atoms with E-state index in [4.69, 9.17) is 14.5 Å². The zero-order valence-corrected chi connectivity index (χ0v) is 22.9. The summed E-state index contributed by atoms with van der Waals surface area (Å²) in [6, 6.07) is 0. The van der Waals surface area contributed by atoms with Crippen LogP contribution in [0.15, 0.2) is 0 Å². The Kier molecular flexibility index (Phi) is 8.27. The van der Waals surface area contributed by atoms with Gasteiger partial charge in [0.2, 0.25) is 0 Å². The molecule has 0 heterocycles. The fraction of sp³-hybridized carbons (Fsp3) is 0.967. The van der Waals surface area contributed by atoms with Crippen LogP contribution in [0, 0.1) is 52.3 Å². The molecule has 1 unspecified atom stereocenters. The van der Waals surface area contributed by atoms with E-state index in [9.17, 15) is 4.79 Å². The van der Waals surface area contributed by atoms with Crippen LogP contribution in [-0.4, -0.2) is 18.9 Å². The van der Waals surface area contributed by atoms with Crippen molar-refractivity contribution in [3.63, 3.8) is 0 Å². The third-order valence-electron chi connectivity index (χ3n) is 11.3. The normalized spacial score (nSPS) is 42.4. The molecule has 0 spiro atoms. The molecule has 4 nitrogen and oxygen atoms in total. The molecular weight excluding hydrogens is 424 g/mol. The predicted octanol–water partition coefficient (Wildman–Crippen LogP) is 8.58. The second-order valence-corrected chi connectivity index (χ2v) is 13.4. The van der Waals surface area contributed by atoms with E-state index in [-0.39, 0.29) is 6.10 Å². The number of rotatable bonds is 8. The van der Waals surface area contributed by atoms with E-state index in [1.54, 1.807) is 6.92 Å². The highest BCUT2D eigenvalue weighted by molar-refractivity contribution is 5.58. The molecular formula is C30H52O4. The van der Waals surface area contributed by atoms with Crippen LogP contribution >= 0.6 is 0 Å². The van der Waals surface area contributed by atoms with E-state index < -0.39 is 6.16 Å². The van der Waals surface area contributed by atoms with Crippen LogP contribution in [0.2, 0.25) is 0 Å². The van der Waals surface area contributed by atoms with Crippen LogP contribution in [0.5, 0.6) is 0 Å². The van der Waals surface area contributed by atoms with Crippen molar-refractivity contribution in [1.29, 1.82) is 0 Å². The Labute approximate surface area is 209 Å². The largest absolute Gasteiger partial charge is 0.540 e. The van der Waals surface area contributed by atoms with E-state index >= 15 is 0 Å². The third kappa shape index (κ3) is 5.04. The molecule has 4 heteroatoms. The lowest BCUT2D eigenvalue weighted by atomic mass is 9.44. The molecule has 0 saturated heterocycles. The molecule has 0 N–H and O–H groups in total. The molecule has 0 aromatic heterocycles. The van der Waals surface area contributed by atoms with Crippen molar-refractivity contribution in [1.82, 2.24) is 0 Å². The van der Waals surface area contributed by atoms with Gasteiger partial charge in [0.15, 0.2) is 0 Å². The smallest absolute Gasteiger partial charge is 0.433 e. The molecule has 4 rings (SSSR count). The highest BCUT2D eigenvalue weighted by atomic mass is 17.2. The lowest BCUT2D eigenvalue weighted by Crippen LogP contribution is -2.54. The van der Waals surface area contributed by atoms with E-state index in [1.165, 1.54) is 64.2 Å². The first-order valence-electron chi connectivity index (χ1n) is 14.7. The maximum Gasteiger partial charge on any atom is 0.540 e. The highest BCUT2D eigenvalue weighted by Crippen LogP contribution is 2.68. The van der Waals surface area contributed by atoms with Crippen molar-refractivity contribution in [2.75, 3.05) is 6.61 Å². The molecule has 0 aromatic carbocycles. The zero-order chi connectivity index (χ0) is 24.5. The molecule has 4 aliphatic carbocycles. The van der Waals surface area contributed by atoms with Gasteiger partial charge in [-0.15, -0.1) is 0 Å². The van der Waals surface area contributed by atoms with Crippen LogP contribution in [-0.2, 0) is 14.5 Å². The second kappa shape index (κ2) is 10.7. The third-order valence-corrected chi connectivity index (χ3v) is 11.3. The molecule has 0 amide bonds. The molecule has 0 aliphatic heterocycles. The van der Waals surface area contributed by atoms with Gasteiger partial charge in [-0.2, -0.15) is 4.89 Å². The Morgan fingerprint density at radius 2 is 1.65 bits per heavy atom. The Morgan fingerprint density at radius 3 is 2.38 bits per heavy atom. The molecule has 34 heavy (non-hydrogen) atoms. The Hall–Kier alpha value is -0.770. The SMILES string of the molecule is CCOC(=O)OO[C@H]1CC[C@@]2(C)C(CC[C@H]3[C@@H]4CC[C@H]([C@H](C)CCCC(C)C)[C@@]4(C)CC[C@@H]32)C1. The minimum absolute atomic E-state index is 0.0236. The first kappa shape index (κ1) is 26.3. The van der Waals surface area contributed by atoms with Crippen LogP contribution in [0.25, 0.3) is 0 Å². The van der Waals surface area contributed by atoms with Gasteiger partial charge in [0.05, 0.1) is 6.61 Å². The summed E-state index contributed by atoms with van der Waals surface area (Å²) in [6.45, 7) is 14.7. The van der Waals surface area contributed by atoms with E-state index in [2.05, 4.69) is 34.6 Å². The van der Waals surface area contributed by atoms with Crippen molar-refractivity contribution >= 4 is 6.16 Å². The van der Waals surface area contributed by atoms with E-state index in [0.29, 0.717) is 23.4 Å². The van der Waals surface area contributed by atoms with E-state index in [1.807, 2.05) is 0 Å². The summed E-state index contributed by atoms with van der Waals surface area (Å²) in [6.07, 6.45) is 15.3. The molecule has 4 aliphatic rings. The quantitative estimate of drug-likeness (QED) is 0.200. The van der Waals surface area contributed by atoms with Crippen LogP contribution in [0.3, 0.4) is 0 Å². The highest BCUT2D eigenvalue weighted by Gasteiger charge is 2.60. The predicted molar refractivity (Wildman–Crippen MR) is 136 cm³/mol. The van der Waals surface area contributed by atoms with Gasteiger partial charge < -0.3 is 4.74 Å². The number of carbonyl (C=O) groups is 1. The molecule has 0 radical (unpaired) electrons. The molecule has 0 aromatic rings. The Morgan fingerprint density at radius 1 is 0.912 bits per heavy atom. The topological polar surface area (TPSA) is 44.8 Å². The second-order valence-electron chi connectivity index (χ2n) is 13.4. The van der Waals surface area contributed by atoms with Crippen molar-refractivity contribution in [2.45, 2.75) is 125 Å². The fourth-order valence-electron chi connectivity index (χ4n) is 9.58. The molecule has 0 bridgehead atoms. The summed E-state index contributed by atoms with van der Waals surface area (Å²) in [5.41, 5.74) is 0.990. The van der Waals surface area contributed by atoms with Gasteiger partial charge in [-0.05, 0) is 117 Å². The Balaban J connectivity index is 1.37. The van der Waals surface area contributed by atoms with Crippen molar-refractivity contribution in [3.8, 4) is 0 Å². The van der Waals surface area contributed by atoms with Crippen LogP contribution in [0.4, 0.5) is 4.79 Å². The summed E-state index contributed by atoms with van der Waals surface area (Å²) in [5, 5.41) is 0. The summed E-state index contributed by atoms with van der Waals surface area (Å²) in [5.74, 6) is 6.05. The maximum absolute atomic E-state index is 11.5. The van der Waals surface area contributed by atoms with Crippen molar-refractivity contribution < 1.29 is 19.3 Å². The fourth-order valence-corrected chi connectivity index (χ4v) is 9.58. The van der Waals surface area contributed by atoms with Crippen molar-refractivity contribution in [3.05, 3.63) is 0 Å². The average Bonchev–Trinajstić information content (AvgIpc) is 3.15. The first-order valence-corrected chi connectivity index (χ1v) is 14.7. The molecule has 4 fully saturated rings. The number of hydrogen-bond acceptors (Lipinski definition) is 4. The summed E-state index contributed by atoms with van der Waals surface area (Å²) in [7, 11) is 0. The monoisotopic (exact) mass is 476 g/mol.